The van der Waals surface area contributed by atoms with Gasteiger partial charge in [0.2, 0.25) is 0 Å². The largest absolute Gasteiger partial charge is 0.289 e. The first-order valence-corrected chi connectivity index (χ1v) is 7.92. The second-order valence-corrected chi connectivity index (χ2v) is 6.11. The van der Waals surface area contributed by atoms with Crippen molar-refractivity contribution in [2.75, 3.05) is 0 Å². The van der Waals surface area contributed by atoms with Gasteiger partial charge in [-0.2, -0.15) is 0 Å². The highest BCUT2D eigenvalue weighted by molar-refractivity contribution is 7.99. The Hall–Kier alpha value is -2.10. The van der Waals surface area contributed by atoms with Crippen LogP contribution in [0.3, 0.4) is 0 Å². The molecule has 2 nitrogen and oxygen atoms in total. The summed E-state index contributed by atoms with van der Waals surface area (Å²) in [6.45, 7) is 0. The Morgan fingerprint density at radius 2 is 1.64 bits per heavy atom. The summed E-state index contributed by atoms with van der Waals surface area (Å²) >= 11 is 7.35. The van der Waals surface area contributed by atoms with E-state index >= 15 is 0 Å². The Kier molecular flexibility index (Phi) is 4.56. The van der Waals surface area contributed by atoms with Gasteiger partial charge in [0, 0.05) is 21.7 Å². The van der Waals surface area contributed by atoms with Crippen molar-refractivity contribution in [1.29, 1.82) is 0 Å². The van der Waals surface area contributed by atoms with Gasteiger partial charge in [0.15, 0.2) is 5.78 Å². The minimum Gasteiger partial charge on any atom is -0.289 e. The first kappa shape index (κ1) is 14.8. The molecule has 22 heavy (non-hydrogen) atoms. The van der Waals surface area contributed by atoms with Crippen molar-refractivity contribution < 1.29 is 4.79 Å². The summed E-state index contributed by atoms with van der Waals surface area (Å²) in [4.78, 5) is 18.0. The van der Waals surface area contributed by atoms with E-state index in [1.807, 2.05) is 54.6 Å². The zero-order valence-electron chi connectivity index (χ0n) is 11.6. The lowest BCUT2D eigenvalue weighted by molar-refractivity contribution is 0.103. The average molecular weight is 326 g/mol. The van der Waals surface area contributed by atoms with Gasteiger partial charge in [-0.05, 0) is 36.4 Å². The zero-order chi connectivity index (χ0) is 15.4. The summed E-state index contributed by atoms with van der Waals surface area (Å²) in [7, 11) is 0. The van der Waals surface area contributed by atoms with Crippen LogP contribution < -0.4 is 0 Å². The van der Waals surface area contributed by atoms with E-state index in [4.69, 9.17) is 11.6 Å². The average Bonchev–Trinajstić information content (AvgIpc) is 2.58. The number of benzene rings is 2. The van der Waals surface area contributed by atoms with Gasteiger partial charge in [-0.3, -0.25) is 4.79 Å². The predicted octanol–water partition coefficient (Wildman–Crippen LogP) is 5.12. The maximum Gasteiger partial charge on any atom is 0.195 e. The third-order valence-electron chi connectivity index (χ3n) is 3.08. The highest BCUT2D eigenvalue weighted by Gasteiger charge is 2.15. The van der Waals surface area contributed by atoms with E-state index in [1.165, 1.54) is 11.8 Å². The Morgan fingerprint density at radius 3 is 2.36 bits per heavy atom. The number of ketones is 1. The van der Waals surface area contributed by atoms with Crippen LogP contribution in [0.2, 0.25) is 5.02 Å². The molecule has 0 N–H and O–H groups in total. The van der Waals surface area contributed by atoms with E-state index < -0.39 is 0 Å². The topological polar surface area (TPSA) is 30.0 Å². The number of halogens is 1. The van der Waals surface area contributed by atoms with Crippen molar-refractivity contribution in [3.05, 3.63) is 89.1 Å². The first-order valence-electron chi connectivity index (χ1n) is 6.72. The summed E-state index contributed by atoms with van der Waals surface area (Å²) in [6, 6.07) is 20.3. The number of rotatable bonds is 4. The molecule has 0 aliphatic rings. The van der Waals surface area contributed by atoms with E-state index in [9.17, 15) is 4.79 Å². The molecule has 0 atom stereocenters. The molecule has 0 spiro atoms. The van der Waals surface area contributed by atoms with Crippen LogP contribution >= 0.6 is 23.4 Å². The second-order valence-electron chi connectivity index (χ2n) is 4.61. The molecule has 0 fully saturated rings. The fraction of sp³-hybridized carbons (Fsp3) is 0. The molecule has 0 saturated carbocycles. The van der Waals surface area contributed by atoms with Crippen molar-refractivity contribution in [2.45, 2.75) is 9.92 Å². The Bertz CT molecular complexity index is 788. The first-order chi connectivity index (χ1) is 10.7. The molecule has 0 unspecified atom stereocenters. The summed E-state index contributed by atoms with van der Waals surface area (Å²) in [5.41, 5.74) is 1.27. The molecular formula is C18H12ClNOS. The van der Waals surface area contributed by atoms with Crippen LogP contribution in [0.15, 0.2) is 82.8 Å². The molecule has 3 aromatic rings. The van der Waals surface area contributed by atoms with Crippen molar-refractivity contribution in [2.24, 2.45) is 0 Å². The van der Waals surface area contributed by atoms with Crippen LogP contribution in [0, 0.1) is 0 Å². The quantitative estimate of drug-likeness (QED) is 0.624. The molecule has 3 rings (SSSR count). The molecule has 1 heterocycles. The van der Waals surface area contributed by atoms with E-state index in [2.05, 4.69) is 4.98 Å². The van der Waals surface area contributed by atoms with Crippen LogP contribution in [-0.2, 0) is 0 Å². The zero-order valence-corrected chi connectivity index (χ0v) is 13.1. The van der Waals surface area contributed by atoms with Gasteiger partial charge >= 0.3 is 0 Å². The smallest absolute Gasteiger partial charge is 0.195 e. The highest BCUT2D eigenvalue weighted by atomic mass is 35.5. The lowest BCUT2D eigenvalue weighted by Crippen LogP contribution is -2.03. The van der Waals surface area contributed by atoms with Gasteiger partial charge < -0.3 is 0 Å². The molecule has 0 radical (unpaired) electrons. The van der Waals surface area contributed by atoms with Crippen molar-refractivity contribution >= 4 is 29.1 Å². The van der Waals surface area contributed by atoms with Gasteiger partial charge in [0.25, 0.3) is 0 Å². The van der Waals surface area contributed by atoms with E-state index in [0.717, 1.165) is 4.90 Å². The van der Waals surface area contributed by atoms with Gasteiger partial charge in [0.05, 0.1) is 5.56 Å². The SMILES string of the molecule is O=C(c1ccccc1)c1cccnc1Sc1ccc(Cl)cc1. The molecule has 4 heteroatoms. The molecule has 0 aliphatic carbocycles. The minimum atomic E-state index is -0.0230. The third kappa shape index (κ3) is 3.38. The summed E-state index contributed by atoms with van der Waals surface area (Å²) in [5, 5.41) is 1.38. The highest BCUT2D eigenvalue weighted by Crippen LogP contribution is 2.30. The van der Waals surface area contributed by atoms with Gasteiger partial charge in [-0.25, -0.2) is 4.98 Å². The van der Waals surface area contributed by atoms with Crippen molar-refractivity contribution in [1.82, 2.24) is 4.98 Å². The number of hydrogen-bond donors (Lipinski definition) is 0. The Morgan fingerprint density at radius 1 is 0.909 bits per heavy atom. The maximum atomic E-state index is 12.6. The van der Waals surface area contributed by atoms with E-state index in [-0.39, 0.29) is 5.78 Å². The monoisotopic (exact) mass is 325 g/mol. The summed E-state index contributed by atoms with van der Waals surface area (Å²) < 4.78 is 0. The second kappa shape index (κ2) is 6.77. The number of nitrogens with zero attached hydrogens (tertiary/aromatic N) is 1. The third-order valence-corrected chi connectivity index (χ3v) is 4.36. The standard InChI is InChI=1S/C18H12ClNOS/c19-14-8-10-15(11-9-14)22-18-16(7-4-12-20-18)17(21)13-5-2-1-3-6-13/h1-12H. The molecule has 0 bridgehead atoms. The van der Waals surface area contributed by atoms with Crippen molar-refractivity contribution in [3.8, 4) is 0 Å². The molecule has 108 valence electrons. The molecule has 2 aromatic carbocycles. The lowest BCUT2D eigenvalue weighted by atomic mass is 10.1. The van der Waals surface area contributed by atoms with Crippen molar-refractivity contribution in [3.63, 3.8) is 0 Å². The molecule has 1 aromatic heterocycles. The molecular weight excluding hydrogens is 314 g/mol. The summed E-state index contributed by atoms with van der Waals surface area (Å²) in [5.74, 6) is -0.0230. The Labute approximate surface area is 138 Å². The van der Waals surface area contributed by atoms with E-state index in [1.54, 1.807) is 18.3 Å². The van der Waals surface area contributed by atoms with Crippen LogP contribution in [0.5, 0.6) is 0 Å². The molecule has 0 saturated heterocycles. The predicted molar refractivity (Wildman–Crippen MR) is 89.7 cm³/mol. The maximum absolute atomic E-state index is 12.6. The summed E-state index contributed by atoms with van der Waals surface area (Å²) in [6.07, 6.45) is 1.69. The normalized spacial score (nSPS) is 10.4. The number of carbonyl (C=O) groups excluding carboxylic acids is 1. The fourth-order valence-corrected chi connectivity index (χ4v) is 3.01. The van der Waals surface area contributed by atoms with Crippen LogP contribution in [0.1, 0.15) is 15.9 Å². The van der Waals surface area contributed by atoms with Crippen LogP contribution in [0.4, 0.5) is 0 Å². The van der Waals surface area contributed by atoms with E-state index in [0.29, 0.717) is 21.2 Å². The fourth-order valence-electron chi connectivity index (χ4n) is 2.00. The molecule has 0 amide bonds. The van der Waals surface area contributed by atoms with Gasteiger partial charge in [0.1, 0.15) is 5.03 Å². The molecule has 0 aliphatic heterocycles. The number of pyridine rings is 1. The number of carbonyl (C=O) groups is 1. The number of aromatic nitrogens is 1. The lowest BCUT2D eigenvalue weighted by Gasteiger charge is -2.07. The minimum absolute atomic E-state index is 0.0230. The van der Waals surface area contributed by atoms with Gasteiger partial charge in [-0.15, -0.1) is 0 Å². The Balaban J connectivity index is 1.93. The number of hydrogen-bond acceptors (Lipinski definition) is 3. The van der Waals surface area contributed by atoms with Crippen LogP contribution in [0.25, 0.3) is 0 Å². The van der Waals surface area contributed by atoms with Gasteiger partial charge in [-0.1, -0.05) is 53.7 Å². The van der Waals surface area contributed by atoms with Crippen LogP contribution in [-0.4, -0.2) is 10.8 Å².